The minimum Gasteiger partial charge on any atom is -0.369 e. The second-order valence-electron chi connectivity index (χ2n) is 5.28. The summed E-state index contributed by atoms with van der Waals surface area (Å²) in [5, 5.41) is 0. The predicted octanol–water partition coefficient (Wildman–Crippen LogP) is 0.550. The lowest BCUT2D eigenvalue weighted by molar-refractivity contribution is -0.125. The lowest BCUT2D eigenvalue weighted by atomic mass is 9.89. The van der Waals surface area contributed by atoms with E-state index in [-0.39, 0.29) is 5.91 Å². The summed E-state index contributed by atoms with van der Waals surface area (Å²) in [5.74, 6) is 0.650. The van der Waals surface area contributed by atoms with Crippen LogP contribution in [-0.4, -0.2) is 24.0 Å². The molecule has 0 saturated carbocycles. The van der Waals surface area contributed by atoms with Gasteiger partial charge in [-0.05, 0) is 38.0 Å². The zero-order valence-corrected chi connectivity index (χ0v) is 10.9. The van der Waals surface area contributed by atoms with Crippen molar-refractivity contribution in [3.63, 3.8) is 0 Å². The van der Waals surface area contributed by atoms with Crippen LogP contribution in [0.15, 0.2) is 12.1 Å². The highest BCUT2D eigenvalue weighted by atomic mass is 16.1. The van der Waals surface area contributed by atoms with E-state index in [1.54, 1.807) is 0 Å². The van der Waals surface area contributed by atoms with Gasteiger partial charge in [-0.1, -0.05) is 0 Å². The normalized spacial score (nSPS) is 23.4. The molecule has 0 spiro atoms. The molecule has 1 aromatic heterocycles. The van der Waals surface area contributed by atoms with Crippen molar-refractivity contribution in [3.05, 3.63) is 23.4 Å². The van der Waals surface area contributed by atoms with Gasteiger partial charge in [-0.3, -0.25) is 4.79 Å². The van der Waals surface area contributed by atoms with Crippen LogP contribution in [0.2, 0.25) is 0 Å². The van der Waals surface area contributed by atoms with Crippen LogP contribution < -0.4 is 16.4 Å². The molecule has 0 aliphatic carbocycles. The van der Waals surface area contributed by atoms with E-state index >= 15 is 0 Å². The highest BCUT2D eigenvalue weighted by Gasteiger charge is 2.39. The number of nitrogens with zero attached hydrogens (tertiary/aromatic N) is 2. The van der Waals surface area contributed by atoms with Crippen LogP contribution in [0.4, 0.5) is 5.82 Å². The summed E-state index contributed by atoms with van der Waals surface area (Å²) in [4.78, 5) is 18.1. The molecule has 2 heterocycles. The van der Waals surface area contributed by atoms with Gasteiger partial charge in [0.1, 0.15) is 5.82 Å². The third-order valence-corrected chi connectivity index (χ3v) is 3.63. The SMILES string of the molecule is Cc1cc(CN)cc(N2CCC(C)(C(N)=O)C2)n1. The summed E-state index contributed by atoms with van der Waals surface area (Å²) in [6.45, 7) is 5.79. The van der Waals surface area contributed by atoms with Crippen molar-refractivity contribution in [2.24, 2.45) is 16.9 Å². The number of primary amides is 1. The summed E-state index contributed by atoms with van der Waals surface area (Å²) in [6.07, 6.45) is 0.774. The Kier molecular flexibility index (Phi) is 3.26. The topological polar surface area (TPSA) is 85.2 Å². The van der Waals surface area contributed by atoms with E-state index in [0.29, 0.717) is 13.1 Å². The average molecular weight is 248 g/mol. The molecule has 0 radical (unpaired) electrons. The van der Waals surface area contributed by atoms with Gasteiger partial charge in [0.15, 0.2) is 0 Å². The molecule has 1 atom stereocenters. The van der Waals surface area contributed by atoms with Crippen molar-refractivity contribution >= 4 is 11.7 Å². The van der Waals surface area contributed by atoms with Crippen molar-refractivity contribution in [1.29, 1.82) is 0 Å². The number of nitrogens with two attached hydrogens (primary N) is 2. The summed E-state index contributed by atoms with van der Waals surface area (Å²) >= 11 is 0. The maximum Gasteiger partial charge on any atom is 0.225 e. The maximum atomic E-state index is 11.4. The zero-order valence-electron chi connectivity index (χ0n) is 10.9. The molecule has 1 amide bonds. The molecule has 5 heteroatoms. The molecule has 0 aromatic carbocycles. The highest BCUT2D eigenvalue weighted by Crippen LogP contribution is 2.32. The number of rotatable bonds is 3. The summed E-state index contributed by atoms with van der Waals surface area (Å²) < 4.78 is 0. The predicted molar refractivity (Wildman–Crippen MR) is 71.0 cm³/mol. The fourth-order valence-corrected chi connectivity index (χ4v) is 2.36. The van der Waals surface area contributed by atoms with Gasteiger partial charge in [-0.2, -0.15) is 0 Å². The Balaban J connectivity index is 2.24. The first-order chi connectivity index (χ1) is 8.44. The van der Waals surface area contributed by atoms with Gasteiger partial charge in [-0.25, -0.2) is 4.98 Å². The van der Waals surface area contributed by atoms with E-state index in [4.69, 9.17) is 11.5 Å². The molecule has 2 rings (SSSR count). The molecule has 4 N–H and O–H groups in total. The molecule has 1 fully saturated rings. The molecule has 1 aliphatic heterocycles. The van der Waals surface area contributed by atoms with Crippen molar-refractivity contribution in [2.75, 3.05) is 18.0 Å². The smallest absolute Gasteiger partial charge is 0.225 e. The van der Waals surface area contributed by atoms with Crippen molar-refractivity contribution in [2.45, 2.75) is 26.8 Å². The van der Waals surface area contributed by atoms with E-state index in [0.717, 1.165) is 30.0 Å². The van der Waals surface area contributed by atoms with Crippen LogP contribution in [0.3, 0.4) is 0 Å². The Bertz CT molecular complexity index is 474. The number of anilines is 1. The second-order valence-corrected chi connectivity index (χ2v) is 5.28. The van der Waals surface area contributed by atoms with E-state index in [1.807, 2.05) is 26.0 Å². The van der Waals surface area contributed by atoms with Gasteiger partial charge in [0, 0.05) is 25.3 Å². The first-order valence-corrected chi connectivity index (χ1v) is 6.17. The Morgan fingerprint density at radius 1 is 1.56 bits per heavy atom. The molecular weight excluding hydrogens is 228 g/mol. The number of amides is 1. The lowest BCUT2D eigenvalue weighted by Gasteiger charge is -2.22. The number of aromatic nitrogens is 1. The molecule has 98 valence electrons. The van der Waals surface area contributed by atoms with Gasteiger partial charge < -0.3 is 16.4 Å². The van der Waals surface area contributed by atoms with Crippen LogP contribution >= 0.6 is 0 Å². The molecular formula is C13H20N4O. The fraction of sp³-hybridized carbons (Fsp3) is 0.538. The van der Waals surface area contributed by atoms with Crippen molar-refractivity contribution in [1.82, 2.24) is 4.98 Å². The second kappa shape index (κ2) is 4.57. The van der Waals surface area contributed by atoms with Crippen LogP contribution in [0.5, 0.6) is 0 Å². The van der Waals surface area contributed by atoms with Crippen molar-refractivity contribution in [3.8, 4) is 0 Å². The van der Waals surface area contributed by atoms with Gasteiger partial charge in [0.25, 0.3) is 0 Å². The molecule has 1 aliphatic rings. The number of carbonyl (C=O) groups excluding carboxylic acids is 1. The number of carbonyl (C=O) groups is 1. The average Bonchev–Trinajstić information content (AvgIpc) is 2.72. The Morgan fingerprint density at radius 2 is 2.28 bits per heavy atom. The number of hydrogen-bond donors (Lipinski definition) is 2. The first kappa shape index (κ1) is 12.8. The minimum absolute atomic E-state index is 0.239. The standard InChI is InChI=1S/C13H20N4O/c1-9-5-10(7-14)6-11(16-9)17-4-3-13(2,8-17)12(15)18/h5-6H,3-4,7-8,14H2,1-2H3,(H2,15,18). The van der Waals surface area contributed by atoms with E-state index in [2.05, 4.69) is 9.88 Å². The summed E-state index contributed by atoms with van der Waals surface area (Å²) in [7, 11) is 0. The largest absolute Gasteiger partial charge is 0.369 e. The minimum atomic E-state index is -0.450. The number of aryl methyl sites for hydroxylation is 1. The van der Waals surface area contributed by atoms with Crippen molar-refractivity contribution < 1.29 is 4.79 Å². The Morgan fingerprint density at radius 3 is 2.83 bits per heavy atom. The Labute approximate surface area is 107 Å². The lowest BCUT2D eigenvalue weighted by Crippen LogP contribution is -2.37. The van der Waals surface area contributed by atoms with Crippen LogP contribution in [0.1, 0.15) is 24.6 Å². The quantitative estimate of drug-likeness (QED) is 0.818. The van der Waals surface area contributed by atoms with E-state index in [9.17, 15) is 4.79 Å². The van der Waals surface area contributed by atoms with Gasteiger partial charge in [0.05, 0.1) is 5.41 Å². The molecule has 5 nitrogen and oxygen atoms in total. The van der Waals surface area contributed by atoms with Gasteiger partial charge in [0.2, 0.25) is 5.91 Å². The van der Waals surface area contributed by atoms with Gasteiger partial charge >= 0.3 is 0 Å². The zero-order chi connectivity index (χ0) is 13.3. The van der Waals surface area contributed by atoms with Crippen LogP contribution in [0.25, 0.3) is 0 Å². The molecule has 1 unspecified atom stereocenters. The van der Waals surface area contributed by atoms with E-state index in [1.165, 1.54) is 0 Å². The van der Waals surface area contributed by atoms with Crippen LogP contribution in [0, 0.1) is 12.3 Å². The maximum absolute atomic E-state index is 11.4. The number of pyridine rings is 1. The highest BCUT2D eigenvalue weighted by molar-refractivity contribution is 5.82. The third kappa shape index (κ3) is 2.31. The summed E-state index contributed by atoms with van der Waals surface area (Å²) in [5.41, 5.74) is 12.7. The first-order valence-electron chi connectivity index (χ1n) is 6.17. The molecule has 18 heavy (non-hydrogen) atoms. The monoisotopic (exact) mass is 248 g/mol. The summed E-state index contributed by atoms with van der Waals surface area (Å²) in [6, 6.07) is 3.96. The molecule has 1 aromatic rings. The van der Waals surface area contributed by atoms with E-state index < -0.39 is 5.41 Å². The van der Waals surface area contributed by atoms with Crippen LogP contribution in [-0.2, 0) is 11.3 Å². The molecule has 1 saturated heterocycles. The van der Waals surface area contributed by atoms with Gasteiger partial charge in [-0.15, -0.1) is 0 Å². The molecule has 0 bridgehead atoms. The Hall–Kier alpha value is -1.62. The number of hydrogen-bond acceptors (Lipinski definition) is 4. The third-order valence-electron chi connectivity index (χ3n) is 3.63. The fourth-order valence-electron chi connectivity index (χ4n) is 2.36.